The SMILES string of the molecule is Cc1c[nH]c(=O)c2ccoc12. The molecular formula is C8H7NO2. The van der Waals surface area contributed by atoms with Crippen LogP contribution in [0, 0.1) is 6.92 Å². The standard InChI is InChI=1S/C8H7NO2/c1-5-4-9-8(10)6-2-3-11-7(5)6/h2-4H,1H3,(H,9,10). The van der Waals surface area contributed by atoms with Crippen LogP contribution in [0.3, 0.4) is 0 Å². The van der Waals surface area contributed by atoms with E-state index in [9.17, 15) is 4.79 Å². The summed E-state index contributed by atoms with van der Waals surface area (Å²) in [5, 5.41) is 0.616. The highest BCUT2D eigenvalue weighted by Gasteiger charge is 2.02. The summed E-state index contributed by atoms with van der Waals surface area (Å²) in [6.07, 6.45) is 3.17. The van der Waals surface area contributed by atoms with Gasteiger partial charge in [0.05, 0.1) is 11.6 Å². The Morgan fingerprint density at radius 3 is 3.09 bits per heavy atom. The fourth-order valence-electron chi connectivity index (χ4n) is 1.11. The fourth-order valence-corrected chi connectivity index (χ4v) is 1.11. The van der Waals surface area contributed by atoms with Crippen LogP contribution in [0.5, 0.6) is 0 Å². The van der Waals surface area contributed by atoms with E-state index in [2.05, 4.69) is 4.98 Å². The maximum absolute atomic E-state index is 11.1. The van der Waals surface area contributed by atoms with Gasteiger partial charge in [0.2, 0.25) is 0 Å². The third-order valence-electron chi connectivity index (χ3n) is 1.69. The van der Waals surface area contributed by atoms with E-state index >= 15 is 0 Å². The number of hydrogen-bond acceptors (Lipinski definition) is 2. The molecule has 2 heterocycles. The minimum Gasteiger partial charge on any atom is -0.464 e. The Morgan fingerprint density at radius 1 is 1.55 bits per heavy atom. The molecule has 2 aromatic heterocycles. The molecule has 0 aliphatic rings. The Balaban J connectivity index is 3.08. The molecule has 0 unspecified atom stereocenters. The predicted molar refractivity (Wildman–Crippen MR) is 41.6 cm³/mol. The lowest BCUT2D eigenvalue weighted by Crippen LogP contribution is -2.03. The molecule has 0 aliphatic carbocycles. The van der Waals surface area contributed by atoms with Crippen molar-refractivity contribution in [3.8, 4) is 0 Å². The second-order valence-electron chi connectivity index (χ2n) is 2.46. The molecule has 0 amide bonds. The molecule has 0 saturated carbocycles. The van der Waals surface area contributed by atoms with Gasteiger partial charge in [-0.25, -0.2) is 0 Å². The van der Waals surface area contributed by atoms with Crippen LogP contribution < -0.4 is 5.56 Å². The smallest absolute Gasteiger partial charge is 0.259 e. The summed E-state index contributed by atoms with van der Waals surface area (Å²) in [6.45, 7) is 1.89. The van der Waals surface area contributed by atoms with Gasteiger partial charge < -0.3 is 9.40 Å². The third-order valence-corrected chi connectivity index (χ3v) is 1.69. The first-order valence-electron chi connectivity index (χ1n) is 3.34. The number of H-pyrrole nitrogens is 1. The second kappa shape index (κ2) is 1.99. The number of aromatic amines is 1. The van der Waals surface area contributed by atoms with E-state index in [1.807, 2.05) is 6.92 Å². The summed E-state index contributed by atoms with van der Waals surface area (Å²) >= 11 is 0. The zero-order chi connectivity index (χ0) is 7.84. The van der Waals surface area contributed by atoms with Crippen LogP contribution in [-0.4, -0.2) is 4.98 Å². The van der Waals surface area contributed by atoms with Crippen LogP contribution in [0.15, 0.2) is 27.7 Å². The van der Waals surface area contributed by atoms with Gasteiger partial charge in [0.1, 0.15) is 5.58 Å². The molecule has 0 radical (unpaired) electrons. The van der Waals surface area contributed by atoms with E-state index in [-0.39, 0.29) is 5.56 Å². The molecule has 0 saturated heterocycles. The van der Waals surface area contributed by atoms with Gasteiger partial charge in [-0.2, -0.15) is 0 Å². The van der Waals surface area contributed by atoms with Crippen LogP contribution in [0.4, 0.5) is 0 Å². The number of aryl methyl sites for hydroxylation is 1. The van der Waals surface area contributed by atoms with Crippen molar-refractivity contribution in [3.63, 3.8) is 0 Å². The van der Waals surface area contributed by atoms with Crippen molar-refractivity contribution in [2.24, 2.45) is 0 Å². The van der Waals surface area contributed by atoms with Gasteiger partial charge in [0, 0.05) is 11.8 Å². The molecule has 11 heavy (non-hydrogen) atoms. The van der Waals surface area contributed by atoms with Gasteiger partial charge >= 0.3 is 0 Å². The van der Waals surface area contributed by atoms with Crippen LogP contribution in [0.25, 0.3) is 11.0 Å². The van der Waals surface area contributed by atoms with Crippen LogP contribution in [0.1, 0.15) is 5.56 Å². The predicted octanol–water partition coefficient (Wildman–Crippen LogP) is 1.43. The first kappa shape index (κ1) is 6.22. The highest BCUT2D eigenvalue weighted by Crippen LogP contribution is 2.13. The van der Waals surface area contributed by atoms with Crippen molar-refractivity contribution in [2.75, 3.05) is 0 Å². The van der Waals surface area contributed by atoms with E-state index in [1.54, 1.807) is 12.3 Å². The van der Waals surface area contributed by atoms with Gasteiger partial charge in [-0.3, -0.25) is 4.79 Å². The largest absolute Gasteiger partial charge is 0.464 e. The Hall–Kier alpha value is -1.51. The van der Waals surface area contributed by atoms with Gasteiger partial charge in [-0.05, 0) is 13.0 Å². The van der Waals surface area contributed by atoms with Crippen molar-refractivity contribution in [3.05, 3.63) is 34.4 Å². The second-order valence-corrected chi connectivity index (χ2v) is 2.46. The Labute approximate surface area is 62.7 Å². The normalized spacial score (nSPS) is 10.6. The number of furan rings is 1. The molecule has 0 aromatic carbocycles. The molecule has 2 rings (SSSR count). The monoisotopic (exact) mass is 149 g/mol. The minimum absolute atomic E-state index is 0.0978. The molecule has 0 bridgehead atoms. The summed E-state index contributed by atoms with van der Waals surface area (Å²) < 4.78 is 5.11. The molecular weight excluding hydrogens is 142 g/mol. The number of rotatable bonds is 0. The highest BCUT2D eigenvalue weighted by atomic mass is 16.3. The summed E-state index contributed by atoms with van der Waals surface area (Å²) in [7, 11) is 0. The Bertz CT molecular complexity index is 439. The minimum atomic E-state index is -0.0978. The molecule has 0 aliphatic heterocycles. The van der Waals surface area contributed by atoms with Gasteiger partial charge in [0.25, 0.3) is 5.56 Å². The zero-order valence-corrected chi connectivity index (χ0v) is 6.05. The number of fused-ring (bicyclic) bond motifs is 1. The maximum atomic E-state index is 11.1. The number of nitrogens with one attached hydrogen (secondary N) is 1. The van der Waals surface area contributed by atoms with Crippen molar-refractivity contribution < 1.29 is 4.42 Å². The van der Waals surface area contributed by atoms with E-state index in [4.69, 9.17) is 4.42 Å². The van der Waals surface area contributed by atoms with E-state index in [0.29, 0.717) is 11.0 Å². The summed E-state index contributed by atoms with van der Waals surface area (Å²) in [4.78, 5) is 13.7. The topological polar surface area (TPSA) is 46.0 Å². The lowest BCUT2D eigenvalue weighted by molar-refractivity contribution is 0.612. The first-order valence-corrected chi connectivity index (χ1v) is 3.34. The molecule has 56 valence electrons. The molecule has 1 N–H and O–H groups in total. The molecule has 0 atom stereocenters. The molecule has 2 aromatic rings. The van der Waals surface area contributed by atoms with Crippen molar-refractivity contribution in [1.82, 2.24) is 4.98 Å². The molecule has 0 fully saturated rings. The van der Waals surface area contributed by atoms with E-state index < -0.39 is 0 Å². The molecule has 3 nitrogen and oxygen atoms in total. The first-order chi connectivity index (χ1) is 5.29. The van der Waals surface area contributed by atoms with Gasteiger partial charge in [-0.15, -0.1) is 0 Å². The van der Waals surface area contributed by atoms with Crippen LogP contribution >= 0.6 is 0 Å². The van der Waals surface area contributed by atoms with Crippen molar-refractivity contribution in [1.29, 1.82) is 0 Å². The summed E-state index contributed by atoms with van der Waals surface area (Å²) in [6, 6.07) is 1.67. The summed E-state index contributed by atoms with van der Waals surface area (Å²) in [5.41, 5.74) is 1.53. The summed E-state index contributed by atoms with van der Waals surface area (Å²) in [5.74, 6) is 0. The Kier molecular flexibility index (Phi) is 1.12. The lowest BCUT2D eigenvalue weighted by atomic mass is 10.2. The maximum Gasteiger partial charge on any atom is 0.259 e. The lowest BCUT2D eigenvalue weighted by Gasteiger charge is -1.90. The number of hydrogen-bond donors (Lipinski definition) is 1. The third kappa shape index (κ3) is 0.774. The van der Waals surface area contributed by atoms with E-state index in [1.165, 1.54) is 6.26 Å². The molecule has 0 spiro atoms. The average Bonchev–Trinajstić information content (AvgIpc) is 2.45. The van der Waals surface area contributed by atoms with Crippen molar-refractivity contribution in [2.45, 2.75) is 6.92 Å². The quantitative estimate of drug-likeness (QED) is 0.615. The van der Waals surface area contributed by atoms with Gasteiger partial charge in [0.15, 0.2) is 0 Å². The number of pyridine rings is 1. The average molecular weight is 149 g/mol. The number of aromatic nitrogens is 1. The van der Waals surface area contributed by atoms with Crippen LogP contribution in [-0.2, 0) is 0 Å². The fraction of sp³-hybridized carbons (Fsp3) is 0.125. The highest BCUT2D eigenvalue weighted by molar-refractivity contribution is 5.78. The van der Waals surface area contributed by atoms with Crippen LogP contribution in [0.2, 0.25) is 0 Å². The van der Waals surface area contributed by atoms with Gasteiger partial charge in [-0.1, -0.05) is 0 Å². The Morgan fingerprint density at radius 2 is 2.36 bits per heavy atom. The zero-order valence-electron chi connectivity index (χ0n) is 6.05. The molecule has 3 heteroatoms. The van der Waals surface area contributed by atoms with E-state index in [0.717, 1.165) is 5.56 Å². The van der Waals surface area contributed by atoms with Crippen molar-refractivity contribution >= 4 is 11.0 Å².